The number of hydrogen-bond donors (Lipinski definition) is 2. The van der Waals surface area contributed by atoms with Crippen LogP contribution in [0.1, 0.15) is 28.7 Å². The van der Waals surface area contributed by atoms with Crippen LogP contribution >= 0.6 is 0 Å². The fourth-order valence-corrected chi connectivity index (χ4v) is 1.21. The summed E-state index contributed by atoms with van der Waals surface area (Å²) >= 11 is 0. The van der Waals surface area contributed by atoms with Crippen LogP contribution < -0.4 is 11.5 Å². The first-order chi connectivity index (χ1) is 7.27. The number of halogens is 3. The molecule has 0 aliphatic carbocycles. The van der Waals surface area contributed by atoms with Crippen molar-refractivity contribution >= 4 is 11.6 Å². The van der Waals surface area contributed by atoms with Gasteiger partial charge in [-0.1, -0.05) is 6.92 Å². The Balaban J connectivity index is 3.50. The minimum absolute atomic E-state index is 0.121. The van der Waals surface area contributed by atoms with Crippen LogP contribution in [0.2, 0.25) is 0 Å². The number of nitrogens with zero attached hydrogens (tertiary/aromatic N) is 1. The number of amides is 1. The molecule has 0 unspecified atom stereocenters. The molecular weight excluding hydrogens is 223 g/mol. The number of rotatable bonds is 2. The van der Waals surface area contributed by atoms with E-state index in [2.05, 4.69) is 4.98 Å². The first-order valence-electron chi connectivity index (χ1n) is 4.43. The van der Waals surface area contributed by atoms with Gasteiger partial charge in [0.15, 0.2) is 5.69 Å². The number of alkyl halides is 3. The molecule has 1 amide bonds. The highest BCUT2D eigenvalue weighted by Gasteiger charge is 2.35. The maximum absolute atomic E-state index is 12.5. The molecule has 0 aromatic carbocycles. The number of nitrogen functional groups attached to an aromatic ring is 1. The predicted octanol–water partition coefficient (Wildman–Crippen LogP) is 1.34. The molecule has 0 fully saturated rings. The number of primary amides is 1. The molecule has 16 heavy (non-hydrogen) atoms. The zero-order valence-corrected chi connectivity index (χ0v) is 8.43. The average Bonchev–Trinajstić information content (AvgIpc) is 2.15. The van der Waals surface area contributed by atoms with Crippen molar-refractivity contribution < 1.29 is 18.0 Å². The Morgan fingerprint density at radius 2 is 2.06 bits per heavy atom. The summed E-state index contributed by atoms with van der Waals surface area (Å²) in [5, 5.41) is 0. The van der Waals surface area contributed by atoms with E-state index >= 15 is 0 Å². The molecule has 1 aromatic heterocycles. The monoisotopic (exact) mass is 233 g/mol. The Morgan fingerprint density at radius 1 is 1.50 bits per heavy atom. The van der Waals surface area contributed by atoms with E-state index < -0.39 is 29.0 Å². The molecule has 0 atom stereocenters. The van der Waals surface area contributed by atoms with Crippen molar-refractivity contribution in [2.45, 2.75) is 19.5 Å². The highest BCUT2D eigenvalue weighted by atomic mass is 19.4. The summed E-state index contributed by atoms with van der Waals surface area (Å²) in [5.74, 6) is -1.07. The van der Waals surface area contributed by atoms with Gasteiger partial charge in [0.1, 0.15) is 0 Å². The maximum atomic E-state index is 12.5. The third-order valence-electron chi connectivity index (χ3n) is 2.01. The second kappa shape index (κ2) is 3.99. The molecule has 1 heterocycles. The Kier molecular flexibility index (Phi) is 3.06. The zero-order chi connectivity index (χ0) is 12.5. The number of nitrogens with two attached hydrogens (primary N) is 2. The van der Waals surface area contributed by atoms with Crippen molar-refractivity contribution in [1.29, 1.82) is 0 Å². The normalized spacial score (nSPS) is 11.5. The van der Waals surface area contributed by atoms with Crippen LogP contribution in [0.5, 0.6) is 0 Å². The minimum atomic E-state index is -4.62. The van der Waals surface area contributed by atoms with E-state index in [1.807, 2.05) is 0 Å². The van der Waals surface area contributed by atoms with Crippen molar-refractivity contribution in [3.8, 4) is 0 Å². The van der Waals surface area contributed by atoms with Gasteiger partial charge in [-0.3, -0.25) is 4.79 Å². The quantitative estimate of drug-likeness (QED) is 0.808. The molecule has 0 bridgehead atoms. The SMILES string of the molecule is CCc1cc(C(F)(F)F)c(N)c(C(N)=O)n1. The third kappa shape index (κ3) is 2.23. The summed E-state index contributed by atoms with van der Waals surface area (Å²) in [4.78, 5) is 14.5. The predicted molar refractivity (Wildman–Crippen MR) is 51.5 cm³/mol. The number of carbonyl (C=O) groups is 1. The third-order valence-corrected chi connectivity index (χ3v) is 2.01. The lowest BCUT2D eigenvalue weighted by atomic mass is 10.1. The molecule has 7 heteroatoms. The number of aryl methyl sites for hydroxylation is 1. The van der Waals surface area contributed by atoms with Gasteiger partial charge in [-0.05, 0) is 12.5 Å². The molecule has 4 nitrogen and oxygen atoms in total. The molecule has 1 rings (SSSR count). The number of hydrogen-bond acceptors (Lipinski definition) is 3. The van der Waals surface area contributed by atoms with Crippen LogP contribution in [0.25, 0.3) is 0 Å². The van der Waals surface area contributed by atoms with Crippen LogP contribution in [0, 0.1) is 0 Å². The van der Waals surface area contributed by atoms with Gasteiger partial charge in [0.05, 0.1) is 11.3 Å². The Labute approximate surface area is 89.4 Å². The van der Waals surface area contributed by atoms with Crippen LogP contribution in [0.3, 0.4) is 0 Å². The molecule has 0 spiro atoms. The second-order valence-electron chi connectivity index (χ2n) is 3.14. The van der Waals surface area contributed by atoms with Gasteiger partial charge < -0.3 is 11.5 Å². The van der Waals surface area contributed by atoms with Gasteiger partial charge in [-0.15, -0.1) is 0 Å². The van der Waals surface area contributed by atoms with Crippen LogP contribution in [-0.4, -0.2) is 10.9 Å². The number of aromatic nitrogens is 1. The number of pyridine rings is 1. The number of anilines is 1. The molecule has 0 radical (unpaired) electrons. The van der Waals surface area contributed by atoms with Crippen molar-refractivity contribution in [3.63, 3.8) is 0 Å². The molecule has 0 saturated heterocycles. The van der Waals surface area contributed by atoms with Gasteiger partial charge in [-0.2, -0.15) is 13.2 Å². The highest BCUT2D eigenvalue weighted by molar-refractivity contribution is 5.96. The molecule has 0 aliphatic rings. The van der Waals surface area contributed by atoms with Crippen LogP contribution in [0.15, 0.2) is 6.07 Å². The van der Waals surface area contributed by atoms with Gasteiger partial charge in [0.25, 0.3) is 5.91 Å². The molecule has 1 aromatic rings. The van der Waals surface area contributed by atoms with E-state index in [0.717, 1.165) is 6.07 Å². The minimum Gasteiger partial charge on any atom is -0.396 e. The zero-order valence-electron chi connectivity index (χ0n) is 8.43. The van der Waals surface area contributed by atoms with Gasteiger partial charge >= 0.3 is 6.18 Å². The average molecular weight is 233 g/mol. The Hall–Kier alpha value is -1.79. The molecule has 88 valence electrons. The van der Waals surface area contributed by atoms with Crippen molar-refractivity contribution in [3.05, 3.63) is 23.0 Å². The van der Waals surface area contributed by atoms with Crippen LogP contribution in [0.4, 0.5) is 18.9 Å². The Morgan fingerprint density at radius 3 is 2.44 bits per heavy atom. The summed E-state index contributed by atoms with van der Waals surface area (Å²) in [5.41, 5.74) is 7.90. The highest BCUT2D eigenvalue weighted by Crippen LogP contribution is 2.35. The lowest BCUT2D eigenvalue weighted by molar-refractivity contribution is -0.137. The van der Waals surface area contributed by atoms with Gasteiger partial charge in [0.2, 0.25) is 0 Å². The first kappa shape index (κ1) is 12.3. The van der Waals surface area contributed by atoms with Gasteiger partial charge in [-0.25, -0.2) is 4.98 Å². The fraction of sp³-hybridized carbons (Fsp3) is 0.333. The molecule has 0 saturated carbocycles. The van der Waals surface area contributed by atoms with E-state index in [1.54, 1.807) is 6.92 Å². The standard InChI is InChI=1S/C9H10F3N3O/c1-2-4-3-5(9(10,11)12)6(13)7(15-4)8(14)16/h3H,2,13H2,1H3,(H2,14,16). The van der Waals surface area contributed by atoms with Crippen molar-refractivity contribution in [1.82, 2.24) is 4.98 Å². The second-order valence-corrected chi connectivity index (χ2v) is 3.14. The van der Waals surface area contributed by atoms with E-state index in [0.29, 0.717) is 0 Å². The van der Waals surface area contributed by atoms with Crippen molar-refractivity contribution in [2.24, 2.45) is 5.73 Å². The molecule has 4 N–H and O–H groups in total. The molecular formula is C9H10F3N3O. The number of carbonyl (C=O) groups excluding carboxylic acids is 1. The summed E-state index contributed by atoms with van der Waals surface area (Å²) in [6.07, 6.45) is -4.37. The summed E-state index contributed by atoms with van der Waals surface area (Å²) in [7, 11) is 0. The lowest BCUT2D eigenvalue weighted by Crippen LogP contribution is -2.20. The molecule has 0 aliphatic heterocycles. The summed E-state index contributed by atoms with van der Waals surface area (Å²) in [6.45, 7) is 1.61. The lowest BCUT2D eigenvalue weighted by Gasteiger charge is -2.13. The smallest absolute Gasteiger partial charge is 0.396 e. The summed E-state index contributed by atoms with van der Waals surface area (Å²) < 4.78 is 37.6. The van der Waals surface area contributed by atoms with Crippen molar-refractivity contribution in [2.75, 3.05) is 5.73 Å². The Bertz CT molecular complexity index is 429. The summed E-state index contributed by atoms with van der Waals surface area (Å²) in [6, 6.07) is 0.821. The van der Waals surface area contributed by atoms with E-state index in [9.17, 15) is 18.0 Å². The first-order valence-corrected chi connectivity index (χ1v) is 4.43. The largest absolute Gasteiger partial charge is 0.418 e. The maximum Gasteiger partial charge on any atom is 0.418 e. The van der Waals surface area contributed by atoms with E-state index in [-0.39, 0.29) is 12.1 Å². The van der Waals surface area contributed by atoms with Crippen LogP contribution in [-0.2, 0) is 12.6 Å². The van der Waals surface area contributed by atoms with E-state index in [4.69, 9.17) is 11.5 Å². The topological polar surface area (TPSA) is 82.0 Å². The van der Waals surface area contributed by atoms with E-state index in [1.165, 1.54) is 0 Å². The van der Waals surface area contributed by atoms with Gasteiger partial charge in [0, 0.05) is 5.69 Å². The fourth-order valence-electron chi connectivity index (χ4n) is 1.21.